The molecule has 0 spiro atoms. The molecule has 3 aromatic carbocycles. The number of amides is 1. The highest BCUT2D eigenvalue weighted by atomic mass is 35.5. The third kappa shape index (κ3) is 8.01. The van der Waals surface area contributed by atoms with E-state index in [1.165, 1.54) is 0 Å². The number of rotatable bonds is 8. The van der Waals surface area contributed by atoms with Crippen LogP contribution in [0.4, 0.5) is 4.79 Å². The number of carboxylic acid groups (broad SMARTS) is 1. The van der Waals surface area contributed by atoms with Gasteiger partial charge in [-0.15, -0.1) is 0 Å². The number of halogens is 1. The minimum atomic E-state index is -1.15. The van der Waals surface area contributed by atoms with Crippen LogP contribution in [-0.4, -0.2) is 28.8 Å². The molecule has 3 rings (SSSR count). The zero-order valence-corrected chi connectivity index (χ0v) is 19.8. The molecule has 1 amide bonds. The first-order valence-corrected chi connectivity index (χ1v) is 11.0. The second-order valence-electron chi connectivity index (χ2n) is 8.51. The summed E-state index contributed by atoms with van der Waals surface area (Å²) < 4.78 is 16.8. The molecule has 7 nitrogen and oxygen atoms in total. The highest BCUT2D eigenvalue weighted by Gasteiger charge is 2.24. The van der Waals surface area contributed by atoms with Crippen LogP contribution in [0.1, 0.15) is 26.3 Å². The van der Waals surface area contributed by atoms with E-state index in [0.29, 0.717) is 28.0 Å². The quantitative estimate of drug-likeness (QED) is 0.382. The van der Waals surface area contributed by atoms with Gasteiger partial charge in [0.2, 0.25) is 0 Å². The SMILES string of the molecule is CC(C)(C)OC(=O)NC(Cc1ccc(Oc2ccc(Oc3ccc(Cl)cc3)cc2)cc1)C(=O)O. The fourth-order valence-electron chi connectivity index (χ4n) is 2.93. The van der Waals surface area contributed by atoms with E-state index in [2.05, 4.69) is 5.32 Å². The lowest BCUT2D eigenvalue weighted by molar-refractivity contribution is -0.139. The normalized spacial score (nSPS) is 11.9. The van der Waals surface area contributed by atoms with Crippen molar-refractivity contribution in [1.29, 1.82) is 0 Å². The molecule has 0 saturated carbocycles. The summed E-state index contributed by atoms with van der Waals surface area (Å²) >= 11 is 5.88. The number of carbonyl (C=O) groups excluding carboxylic acids is 1. The Bertz CT molecular complexity index is 1110. The van der Waals surface area contributed by atoms with Crippen molar-refractivity contribution in [3.63, 3.8) is 0 Å². The lowest BCUT2D eigenvalue weighted by atomic mass is 10.1. The van der Waals surface area contributed by atoms with Crippen LogP contribution in [0, 0.1) is 0 Å². The van der Waals surface area contributed by atoms with Gasteiger partial charge < -0.3 is 24.6 Å². The first-order valence-electron chi connectivity index (χ1n) is 10.6. The van der Waals surface area contributed by atoms with E-state index >= 15 is 0 Å². The Balaban J connectivity index is 1.56. The minimum Gasteiger partial charge on any atom is -0.480 e. The Morgan fingerprint density at radius 1 is 0.824 bits per heavy atom. The Hall–Kier alpha value is -3.71. The second-order valence-corrected chi connectivity index (χ2v) is 8.95. The molecular weight excluding hydrogens is 458 g/mol. The topological polar surface area (TPSA) is 94.1 Å². The summed E-state index contributed by atoms with van der Waals surface area (Å²) in [6.07, 6.45) is -0.672. The van der Waals surface area contributed by atoms with Gasteiger partial charge in [-0.25, -0.2) is 9.59 Å². The average molecular weight is 484 g/mol. The van der Waals surface area contributed by atoms with Gasteiger partial charge in [0, 0.05) is 11.4 Å². The number of carbonyl (C=O) groups is 2. The molecule has 0 saturated heterocycles. The Labute approximate surface area is 203 Å². The average Bonchev–Trinajstić information content (AvgIpc) is 2.76. The van der Waals surface area contributed by atoms with Gasteiger partial charge in [0.05, 0.1) is 0 Å². The van der Waals surface area contributed by atoms with Crippen LogP contribution in [0.25, 0.3) is 0 Å². The standard InChI is InChI=1S/C26H26ClNO6/c1-26(2,3)34-25(31)28-23(24(29)30)16-17-4-8-19(9-5-17)32-21-12-14-22(15-13-21)33-20-10-6-18(27)7-11-20/h4-15,23H,16H2,1-3H3,(H,28,31)(H,29,30). The van der Waals surface area contributed by atoms with Crippen LogP contribution in [0.3, 0.4) is 0 Å². The zero-order chi connectivity index (χ0) is 24.7. The first-order chi connectivity index (χ1) is 16.1. The molecule has 34 heavy (non-hydrogen) atoms. The fourth-order valence-corrected chi connectivity index (χ4v) is 3.06. The van der Waals surface area contributed by atoms with Crippen molar-refractivity contribution in [3.8, 4) is 23.0 Å². The largest absolute Gasteiger partial charge is 0.480 e. The molecule has 1 atom stereocenters. The van der Waals surface area contributed by atoms with Gasteiger partial charge in [0.15, 0.2) is 0 Å². The maximum atomic E-state index is 11.9. The summed E-state index contributed by atoms with van der Waals surface area (Å²) in [5.74, 6) is 1.39. The van der Waals surface area contributed by atoms with E-state index in [9.17, 15) is 14.7 Å². The predicted octanol–water partition coefficient (Wildman–Crippen LogP) is 6.45. The fraction of sp³-hybridized carbons (Fsp3) is 0.231. The number of benzene rings is 3. The van der Waals surface area contributed by atoms with Crippen LogP contribution < -0.4 is 14.8 Å². The van der Waals surface area contributed by atoms with Crippen molar-refractivity contribution in [2.24, 2.45) is 0 Å². The molecule has 8 heteroatoms. The maximum absolute atomic E-state index is 11.9. The predicted molar refractivity (Wildman–Crippen MR) is 129 cm³/mol. The molecule has 2 N–H and O–H groups in total. The van der Waals surface area contributed by atoms with Gasteiger partial charge in [0.25, 0.3) is 0 Å². The summed E-state index contributed by atoms with van der Waals surface area (Å²) in [7, 11) is 0. The molecule has 0 fully saturated rings. The third-order valence-electron chi connectivity index (χ3n) is 4.46. The molecule has 0 bridgehead atoms. The van der Waals surface area contributed by atoms with Gasteiger partial charge >= 0.3 is 12.1 Å². The summed E-state index contributed by atoms with van der Waals surface area (Å²) in [4.78, 5) is 23.5. The molecule has 0 aromatic heterocycles. The number of hydrogen-bond acceptors (Lipinski definition) is 5. The molecule has 1 unspecified atom stereocenters. The highest BCUT2D eigenvalue weighted by molar-refractivity contribution is 6.30. The van der Waals surface area contributed by atoms with Gasteiger partial charge in [-0.1, -0.05) is 23.7 Å². The molecule has 0 aliphatic carbocycles. The highest BCUT2D eigenvalue weighted by Crippen LogP contribution is 2.27. The number of ether oxygens (including phenoxy) is 3. The molecule has 178 valence electrons. The van der Waals surface area contributed by atoms with Crippen LogP contribution in [0.5, 0.6) is 23.0 Å². The van der Waals surface area contributed by atoms with Crippen LogP contribution >= 0.6 is 11.6 Å². The minimum absolute atomic E-state index is 0.103. The Morgan fingerprint density at radius 2 is 1.24 bits per heavy atom. The maximum Gasteiger partial charge on any atom is 0.408 e. The number of hydrogen-bond donors (Lipinski definition) is 2. The molecule has 3 aromatic rings. The van der Waals surface area contributed by atoms with Crippen molar-refractivity contribution in [2.45, 2.75) is 38.8 Å². The van der Waals surface area contributed by atoms with Crippen molar-refractivity contribution >= 4 is 23.7 Å². The Kier molecular flexibility index (Phi) is 8.02. The monoisotopic (exact) mass is 483 g/mol. The number of alkyl carbamates (subject to hydrolysis) is 1. The Morgan fingerprint density at radius 3 is 1.65 bits per heavy atom. The van der Waals surface area contributed by atoms with Gasteiger partial charge in [-0.3, -0.25) is 0 Å². The van der Waals surface area contributed by atoms with E-state index in [1.54, 1.807) is 93.6 Å². The molecular formula is C26H26ClNO6. The lowest BCUT2D eigenvalue weighted by Gasteiger charge is -2.22. The number of nitrogens with one attached hydrogen (secondary N) is 1. The zero-order valence-electron chi connectivity index (χ0n) is 19.1. The summed E-state index contributed by atoms with van der Waals surface area (Å²) in [5.41, 5.74) is 0.00858. The van der Waals surface area contributed by atoms with Crippen molar-refractivity contribution in [1.82, 2.24) is 5.32 Å². The summed E-state index contributed by atoms with van der Waals surface area (Å²) in [5, 5.41) is 12.5. The lowest BCUT2D eigenvalue weighted by Crippen LogP contribution is -2.44. The third-order valence-corrected chi connectivity index (χ3v) is 4.71. The van der Waals surface area contributed by atoms with Crippen LogP contribution in [0.2, 0.25) is 5.02 Å². The summed E-state index contributed by atoms with van der Waals surface area (Å²) in [6, 6.07) is 20.1. The second kappa shape index (κ2) is 10.9. The van der Waals surface area contributed by atoms with Gasteiger partial charge in [-0.05, 0) is 87.0 Å². The van der Waals surface area contributed by atoms with Crippen molar-refractivity contribution in [2.75, 3.05) is 0 Å². The van der Waals surface area contributed by atoms with Crippen LogP contribution in [0.15, 0.2) is 72.8 Å². The van der Waals surface area contributed by atoms with Crippen molar-refractivity contribution < 1.29 is 28.9 Å². The number of carboxylic acids is 1. The number of aliphatic carboxylic acids is 1. The molecule has 0 radical (unpaired) electrons. The van der Waals surface area contributed by atoms with Gasteiger partial charge in [0.1, 0.15) is 34.6 Å². The van der Waals surface area contributed by atoms with E-state index in [-0.39, 0.29) is 6.42 Å². The van der Waals surface area contributed by atoms with E-state index in [1.807, 2.05) is 0 Å². The summed E-state index contributed by atoms with van der Waals surface area (Å²) in [6.45, 7) is 5.13. The van der Waals surface area contributed by atoms with E-state index < -0.39 is 23.7 Å². The van der Waals surface area contributed by atoms with Crippen LogP contribution in [-0.2, 0) is 16.0 Å². The molecule has 0 heterocycles. The first kappa shape index (κ1) is 24.9. The van der Waals surface area contributed by atoms with Gasteiger partial charge in [-0.2, -0.15) is 0 Å². The van der Waals surface area contributed by atoms with E-state index in [0.717, 1.165) is 5.56 Å². The smallest absolute Gasteiger partial charge is 0.408 e. The molecule has 0 aliphatic rings. The molecule has 0 aliphatic heterocycles. The van der Waals surface area contributed by atoms with E-state index in [4.69, 9.17) is 25.8 Å². The van der Waals surface area contributed by atoms with Crippen molar-refractivity contribution in [3.05, 3.63) is 83.4 Å².